The molecule has 0 amide bonds. The van der Waals surface area contributed by atoms with E-state index in [1.165, 1.54) is 0 Å². The quantitative estimate of drug-likeness (QED) is 0.317. The molecule has 2 heterocycles. The highest BCUT2D eigenvalue weighted by molar-refractivity contribution is 14.0. The molecule has 0 aliphatic heterocycles. The lowest BCUT2D eigenvalue weighted by Gasteiger charge is -2.11. The van der Waals surface area contributed by atoms with E-state index in [0.29, 0.717) is 6.54 Å². The summed E-state index contributed by atoms with van der Waals surface area (Å²) in [4.78, 5) is 4.60. The van der Waals surface area contributed by atoms with Gasteiger partial charge in [-0.1, -0.05) is 25.1 Å². The molecule has 0 atom stereocenters. The SMILES string of the molecule is CCNC(=NCc1cc2ccccc2o1)NCCn1cnnc1CC.I. The Kier molecular flexibility index (Phi) is 7.89. The second-order valence-electron chi connectivity index (χ2n) is 5.67. The van der Waals surface area contributed by atoms with Gasteiger partial charge in [-0.2, -0.15) is 0 Å². The van der Waals surface area contributed by atoms with Crippen LogP contribution >= 0.6 is 24.0 Å². The first-order chi connectivity index (χ1) is 12.3. The van der Waals surface area contributed by atoms with Gasteiger partial charge in [0.25, 0.3) is 0 Å². The monoisotopic (exact) mass is 468 g/mol. The Hall–Kier alpha value is -2.10. The number of benzene rings is 1. The number of aromatic nitrogens is 3. The molecule has 8 heteroatoms. The van der Waals surface area contributed by atoms with Crippen LogP contribution in [0.5, 0.6) is 0 Å². The van der Waals surface area contributed by atoms with E-state index in [4.69, 9.17) is 4.42 Å². The second kappa shape index (κ2) is 10.1. The van der Waals surface area contributed by atoms with Gasteiger partial charge in [0.2, 0.25) is 0 Å². The standard InChI is InChI=1S/C18H24N6O.HI/c1-3-17-23-22-13-24(17)10-9-20-18(19-4-2)21-12-15-11-14-7-5-6-8-16(14)25-15;/h5-8,11,13H,3-4,9-10,12H2,1-2H3,(H2,19,20,21);1H. The fourth-order valence-electron chi connectivity index (χ4n) is 2.65. The van der Waals surface area contributed by atoms with E-state index in [9.17, 15) is 0 Å². The third kappa shape index (κ3) is 5.20. The number of furan rings is 1. The number of hydrogen-bond acceptors (Lipinski definition) is 4. The highest BCUT2D eigenvalue weighted by atomic mass is 127. The number of guanidine groups is 1. The number of aryl methyl sites for hydroxylation is 1. The van der Waals surface area contributed by atoms with Crippen molar-refractivity contribution in [2.45, 2.75) is 33.4 Å². The lowest BCUT2D eigenvalue weighted by Crippen LogP contribution is -2.38. The summed E-state index contributed by atoms with van der Waals surface area (Å²) in [6, 6.07) is 10.0. The molecule has 2 N–H and O–H groups in total. The van der Waals surface area contributed by atoms with Crippen LogP contribution in [0.15, 0.2) is 46.1 Å². The molecule has 2 aromatic heterocycles. The Morgan fingerprint density at radius 2 is 2.08 bits per heavy atom. The van der Waals surface area contributed by atoms with Crippen LogP contribution in [-0.2, 0) is 19.5 Å². The third-order valence-corrected chi connectivity index (χ3v) is 3.87. The van der Waals surface area contributed by atoms with Crippen molar-refractivity contribution in [3.63, 3.8) is 0 Å². The molecule has 0 saturated heterocycles. The van der Waals surface area contributed by atoms with E-state index in [1.54, 1.807) is 6.33 Å². The summed E-state index contributed by atoms with van der Waals surface area (Å²) in [5, 5.41) is 15.7. The van der Waals surface area contributed by atoms with E-state index in [1.807, 2.05) is 37.3 Å². The van der Waals surface area contributed by atoms with Crippen molar-refractivity contribution in [2.75, 3.05) is 13.1 Å². The molecule has 26 heavy (non-hydrogen) atoms. The highest BCUT2D eigenvalue weighted by Gasteiger charge is 2.04. The summed E-state index contributed by atoms with van der Waals surface area (Å²) < 4.78 is 7.86. The molecule has 0 spiro atoms. The fraction of sp³-hybridized carbons (Fsp3) is 0.389. The van der Waals surface area contributed by atoms with Gasteiger partial charge in [-0.15, -0.1) is 34.2 Å². The lowest BCUT2D eigenvalue weighted by molar-refractivity contribution is 0.551. The molecule has 0 fully saturated rings. The lowest BCUT2D eigenvalue weighted by atomic mass is 10.2. The van der Waals surface area contributed by atoms with Crippen LogP contribution in [-0.4, -0.2) is 33.8 Å². The van der Waals surface area contributed by atoms with Crippen LogP contribution in [0.4, 0.5) is 0 Å². The first kappa shape index (κ1) is 20.2. The molecular formula is C18H25IN6O. The summed E-state index contributed by atoms with van der Waals surface area (Å²) >= 11 is 0. The Morgan fingerprint density at radius 1 is 1.23 bits per heavy atom. The molecule has 140 valence electrons. The van der Waals surface area contributed by atoms with E-state index in [-0.39, 0.29) is 24.0 Å². The zero-order chi connectivity index (χ0) is 17.5. The molecule has 0 saturated carbocycles. The number of halogens is 1. The molecule has 0 radical (unpaired) electrons. The van der Waals surface area contributed by atoms with Crippen LogP contribution in [0.2, 0.25) is 0 Å². The van der Waals surface area contributed by atoms with Gasteiger partial charge >= 0.3 is 0 Å². The summed E-state index contributed by atoms with van der Waals surface area (Å²) in [5.74, 6) is 2.62. The predicted octanol–water partition coefficient (Wildman–Crippen LogP) is 2.96. The number of nitrogens with zero attached hydrogens (tertiary/aromatic N) is 4. The molecule has 3 aromatic rings. The molecule has 0 aliphatic rings. The molecule has 3 rings (SSSR count). The van der Waals surface area contributed by atoms with Crippen LogP contribution < -0.4 is 10.6 Å². The number of nitrogens with one attached hydrogen (secondary N) is 2. The maximum Gasteiger partial charge on any atom is 0.191 e. The van der Waals surface area contributed by atoms with Gasteiger partial charge in [0, 0.05) is 31.4 Å². The average Bonchev–Trinajstić information content (AvgIpc) is 3.25. The minimum atomic E-state index is 0. The Labute approximate surface area is 170 Å². The van der Waals surface area contributed by atoms with Gasteiger partial charge in [0.15, 0.2) is 5.96 Å². The zero-order valence-electron chi connectivity index (χ0n) is 15.1. The van der Waals surface area contributed by atoms with E-state index < -0.39 is 0 Å². The van der Waals surface area contributed by atoms with Crippen LogP contribution in [0.3, 0.4) is 0 Å². The molecule has 0 aliphatic carbocycles. The number of hydrogen-bond donors (Lipinski definition) is 2. The largest absolute Gasteiger partial charge is 0.459 e. The van der Waals surface area contributed by atoms with Gasteiger partial charge in [-0.05, 0) is 19.1 Å². The number of fused-ring (bicyclic) bond motifs is 1. The first-order valence-corrected chi connectivity index (χ1v) is 8.66. The Bertz CT molecular complexity index is 808. The summed E-state index contributed by atoms with van der Waals surface area (Å²) in [7, 11) is 0. The van der Waals surface area contributed by atoms with Crippen LogP contribution in [0.25, 0.3) is 11.0 Å². The van der Waals surface area contributed by atoms with Crippen molar-refractivity contribution in [3.8, 4) is 0 Å². The number of para-hydroxylation sites is 1. The minimum absolute atomic E-state index is 0. The van der Waals surface area contributed by atoms with Gasteiger partial charge in [-0.3, -0.25) is 0 Å². The molecular weight excluding hydrogens is 443 g/mol. The maximum absolute atomic E-state index is 5.81. The van der Waals surface area contributed by atoms with E-state index >= 15 is 0 Å². The Morgan fingerprint density at radius 3 is 2.85 bits per heavy atom. The van der Waals surface area contributed by atoms with Crippen LogP contribution in [0.1, 0.15) is 25.4 Å². The van der Waals surface area contributed by atoms with Crippen molar-refractivity contribution < 1.29 is 4.42 Å². The third-order valence-electron chi connectivity index (χ3n) is 3.87. The molecule has 1 aromatic carbocycles. The van der Waals surface area contributed by atoms with E-state index in [0.717, 1.165) is 54.6 Å². The van der Waals surface area contributed by atoms with Crippen LogP contribution in [0, 0.1) is 0 Å². The van der Waals surface area contributed by atoms with Gasteiger partial charge in [0.05, 0.1) is 0 Å². The Balaban J connectivity index is 0.00000243. The highest BCUT2D eigenvalue weighted by Crippen LogP contribution is 2.19. The number of rotatable bonds is 7. The van der Waals surface area contributed by atoms with E-state index in [2.05, 4.69) is 37.3 Å². The van der Waals surface area contributed by atoms with Crippen molar-refractivity contribution in [2.24, 2.45) is 4.99 Å². The summed E-state index contributed by atoms with van der Waals surface area (Å²) in [6.45, 7) is 6.97. The topological polar surface area (TPSA) is 80.3 Å². The van der Waals surface area contributed by atoms with Gasteiger partial charge in [0.1, 0.15) is 30.0 Å². The van der Waals surface area contributed by atoms with Crippen molar-refractivity contribution >= 4 is 40.9 Å². The second-order valence-corrected chi connectivity index (χ2v) is 5.67. The molecule has 0 unspecified atom stereocenters. The predicted molar refractivity (Wildman–Crippen MR) is 114 cm³/mol. The maximum atomic E-state index is 5.81. The molecule has 7 nitrogen and oxygen atoms in total. The van der Waals surface area contributed by atoms with Crippen molar-refractivity contribution in [3.05, 3.63) is 48.2 Å². The fourth-order valence-corrected chi connectivity index (χ4v) is 2.65. The zero-order valence-corrected chi connectivity index (χ0v) is 17.4. The van der Waals surface area contributed by atoms with Gasteiger partial charge in [-0.25, -0.2) is 4.99 Å². The molecule has 0 bridgehead atoms. The minimum Gasteiger partial charge on any atom is -0.459 e. The average molecular weight is 468 g/mol. The van der Waals surface area contributed by atoms with Crippen molar-refractivity contribution in [1.29, 1.82) is 0 Å². The number of aliphatic imine (C=N–C) groups is 1. The summed E-state index contributed by atoms with van der Waals surface area (Å²) in [6.07, 6.45) is 2.64. The van der Waals surface area contributed by atoms with Gasteiger partial charge < -0.3 is 19.6 Å². The summed E-state index contributed by atoms with van der Waals surface area (Å²) in [5.41, 5.74) is 0.894. The van der Waals surface area contributed by atoms with Crippen molar-refractivity contribution in [1.82, 2.24) is 25.4 Å². The first-order valence-electron chi connectivity index (χ1n) is 8.66. The smallest absolute Gasteiger partial charge is 0.191 e. The normalized spacial score (nSPS) is 11.4.